The van der Waals surface area contributed by atoms with Gasteiger partial charge in [-0.05, 0) is 49.2 Å². The van der Waals surface area contributed by atoms with E-state index in [0.717, 1.165) is 22.6 Å². The van der Waals surface area contributed by atoms with Crippen LogP contribution in [-0.2, 0) is 16.1 Å². The van der Waals surface area contributed by atoms with Crippen molar-refractivity contribution in [1.29, 1.82) is 0 Å². The van der Waals surface area contributed by atoms with Crippen LogP contribution in [0.5, 0.6) is 11.5 Å². The molecule has 1 atom stereocenters. The number of benzene rings is 2. The zero-order valence-electron chi connectivity index (χ0n) is 17.5. The molecule has 2 aromatic rings. The molecule has 1 unspecified atom stereocenters. The Morgan fingerprint density at radius 2 is 1.93 bits per heavy atom. The normalized spacial score (nSPS) is 16.1. The first kappa shape index (κ1) is 20.7. The molecule has 0 N–H and O–H groups in total. The van der Waals surface area contributed by atoms with Gasteiger partial charge in [-0.1, -0.05) is 18.2 Å². The minimum atomic E-state index is -0.361. The Morgan fingerprint density at radius 3 is 2.59 bits per heavy atom. The number of carbonyl (C=O) groups excluding carboxylic acids is 2. The molecule has 0 saturated carbocycles. The lowest BCUT2D eigenvalue weighted by Crippen LogP contribution is -2.34. The monoisotopic (exact) mass is 396 g/mol. The van der Waals surface area contributed by atoms with Crippen molar-refractivity contribution in [3.63, 3.8) is 0 Å². The predicted molar refractivity (Wildman–Crippen MR) is 112 cm³/mol. The fourth-order valence-corrected chi connectivity index (χ4v) is 3.64. The van der Waals surface area contributed by atoms with E-state index < -0.39 is 0 Å². The number of aryl methyl sites for hydroxylation is 1. The van der Waals surface area contributed by atoms with Gasteiger partial charge in [0.05, 0.1) is 25.3 Å². The van der Waals surface area contributed by atoms with Crippen molar-refractivity contribution in [3.05, 3.63) is 53.6 Å². The summed E-state index contributed by atoms with van der Waals surface area (Å²) in [5.41, 5.74) is 2.78. The third kappa shape index (κ3) is 4.70. The molecule has 1 aliphatic rings. The van der Waals surface area contributed by atoms with E-state index in [9.17, 15) is 9.59 Å². The van der Waals surface area contributed by atoms with Crippen LogP contribution in [0.25, 0.3) is 0 Å². The van der Waals surface area contributed by atoms with Gasteiger partial charge in [-0.15, -0.1) is 0 Å². The number of carbonyl (C=O) groups is 2. The number of rotatable bonds is 7. The lowest BCUT2D eigenvalue weighted by atomic mass is 10.1. The zero-order chi connectivity index (χ0) is 21.0. The predicted octanol–water partition coefficient (Wildman–Crippen LogP) is 3.41. The molecule has 29 heavy (non-hydrogen) atoms. The molecular weight excluding hydrogens is 368 g/mol. The minimum absolute atomic E-state index is 0.0265. The van der Waals surface area contributed by atoms with Crippen molar-refractivity contribution in [2.75, 3.05) is 32.2 Å². The maximum atomic E-state index is 13.0. The fourth-order valence-electron chi connectivity index (χ4n) is 3.64. The summed E-state index contributed by atoms with van der Waals surface area (Å²) in [7, 11) is 3.36. The average Bonchev–Trinajstić information content (AvgIpc) is 3.10. The Hall–Kier alpha value is -3.02. The van der Waals surface area contributed by atoms with Gasteiger partial charge >= 0.3 is 0 Å². The second-order valence-electron chi connectivity index (χ2n) is 7.35. The van der Waals surface area contributed by atoms with E-state index in [1.54, 1.807) is 24.0 Å². The van der Waals surface area contributed by atoms with Crippen LogP contribution in [-0.4, -0.2) is 44.0 Å². The van der Waals surface area contributed by atoms with Gasteiger partial charge in [-0.3, -0.25) is 9.59 Å². The van der Waals surface area contributed by atoms with Crippen LogP contribution in [0.3, 0.4) is 0 Å². The molecule has 0 aliphatic carbocycles. The summed E-state index contributed by atoms with van der Waals surface area (Å²) >= 11 is 0. The number of methoxy groups -OCH3 is 1. The largest absolute Gasteiger partial charge is 0.495 e. The van der Waals surface area contributed by atoms with E-state index in [0.29, 0.717) is 25.4 Å². The summed E-state index contributed by atoms with van der Waals surface area (Å²) in [6.45, 7) is 5.39. The Labute approximate surface area is 172 Å². The smallest absolute Gasteiger partial charge is 0.228 e. The Morgan fingerprint density at radius 1 is 1.21 bits per heavy atom. The molecule has 0 radical (unpaired) electrons. The molecular formula is C23H28N2O4. The second kappa shape index (κ2) is 8.99. The SMILES string of the molecule is CCOc1ccc(CN(C)C(=O)C2CC(=O)N(c3cc(C)ccc3OC)C2)cc1. The van der Waals surface area contributed by atoms with Crippen LogP contribution in [0.15, 0.2) is 42.5 Å². The summed E-state index contributed by atoms with van der Waals surface area (Å²) in [6.07, 6.45) is 0.212. The fraction of sp³-hybridized carbons (Fsp3) is 0.391. The molecule has 0 spiro atoms. The van der Waals surface area contributed by atoms with E-state index in [1.807, 2.05) is 56.3 Å². The molecule has 1 heterocycles. The third-order valence-corrected chi connectivity index (χ3v) is 5.13. The first-order valence-corrected chi connectivity index (χ1v) is 9.84. The highest BCUT2D eigenvalue weighted by molar-refractivity contribution is 6.01. The lowest BCUT2D eigenvalue weighted by Gasteiger charge is -2.23. The van der Waals surface area contributed by atoms with E-state index >= 15 is 0 Å². The van der Waals surface area contributed by atoms with Crippen molar-refractivity contribution < 1.29 is 19.1 Å². The first-order valence-electron chi connectivity index (χ1n) is 9.84. The minimum Gasteiger partial charge on any atom is -0.495 e. The molecule has 6 heteroatoms. The molecule has 1 aliphatic heterocycles. The van der Waals surface area contributed by atoms with Crippen LogP contribution in [0.2, 0.25) is 0 Å². The molecule has 0 aromatic heterocycles. The van der Waals surface area contributed by atoms with Gasteiger partial charge in [0, 0.05) is 26.6 Å². The highest BCUT2D eigenvalue weighted by Gasteiger charge is 2.37. The number of anilines is 1. The van der Waals surface area contributed by atoms with Crippen molar-refractivity contribution >= 4 is 17.5 Å². The van der Waals surface area contributed by atoms with Crippen molar-refractivity contribution in [3.8, 4) is 11.5 Å². The molecule has 2 aromatic carbocycles. The van der Waals surface area contributed by atoms with Gasteiger partial charge in [0.25, 0.3) is 0 Å². The second-order valence-corrected chi connectivity index (χ2v) is 7.35. The maximum Gasteiger partial charge on any atom is 0.228 e. The zero-order valence-corrected chi connectivity index (χ0v) is 17.5. The maximum absolute atomic E-state index is 13.0. The number of hydrogen-bond acceptors (Lipinski definition) is 4. The van der Waals surface area contributed by atoms with E-state index in [-0.39, 0.29) is 24.2 Å². The van der Waals surface area contributed by atoms with Crippen LogP contribution >= 0.6 is 0 Å². The number of amides is 2. The molecule has 0 bridgehead atoms. The van der Waals surface area contributed by atoms with Gasteiger partial charge in [-0.2, -0.15) is 0 Å². The summed E-state index contributed by atoms with van der Waals surface area (Å²) < 4.78 is 10.9. The highest BCUT2D eigenvalue weighted by atomic mass is 16.5. The molecule has 6 nitrogen and oxygen atoms in total. The van der Waals surface area contributed by atoms with Crippen LogP contribution in [0.1, 0.15) is 24.5 Å². The summed E-state index contributed by atoms with van der Waals surface area (Å²) in [6, 6.07) is 13.4. The van der Waals surface area contributed by atoms with Crippen LogP contribution in [0.4, 0.5) is 5.69 Å². The highest BCUT2D eigenvalue weighted by Crippen LogP contribution is 2.34. The van der Waals surface area contributed by atoms with Gasteiger partial charge in [-0.25, -0.2) is 0 Å². The third-order valence-electron chi connectivity index (χ3n) is 5.13. The van der Waals surface area contributed by atoms with Crippen molar-refractivity contribution in [2.24, 2.45) is 5.92 Å². The Bertz CT molecular complexity index is 879. The molecule has 1 fully saturated rings. The Kier molecular flexibility index (Phi) is 6.42. The lowest BCUT2D eigenvalue weighted by molar-refractivity contribution is -0.135. The number of hydrogen-bond donors (Lipinski definition) is 0. The van der Waals surface area contributed by atoms with Gasteiger partial charge < -0.3 is 19.3 Å². The quantitative estimate of drug-likeness (QED) is 0.720. The molecule has 154 valence electrons. The summed E-state index contributed by atoms with van der Waals surface area (Å²) in [4.78, 5) is 28.9. The van der Waals surface area contributed by atoms with E-state index in [2.05, 4.69) is 0 Å². The molecule has 2 amide bonds. The number of nitrogens with zero attached hydrogens (tertiary/aromatic N) is 2. The summed E-state index contributed by atoms with van der Waals surface area (Å²) in [5.74, 6) is 1.01. The number of ether oxygens (including phenoxy) is 2. The van der Waals surface area contributed by atoms with E-state index in [1.165, 1.54) is 0 Å². The summed E-state index contributed by atoms with van der Waals surface area (Å²) in [5, 5.41) is 0. The van der Waals surface area contributed by atoms with Crippen LogP contribution in [0, 0.1) is 12.8 Å². The van der Waals surface area contributed by atoms with Gasteiger partial charge in [0.15, 0.2) is 0 Å². The van der Waals surface area contributed by atoms with Gasteiger partial charge in [0.2, 0.25) is 11.8 Å². The molecule has 1 saturated heterocycles. The first-order chi connectivity index (χ1) is 13.9. The topological polar surface area (TPSA) is 59.1 Å². The van der Waals surface area contributed by atoms with Gasteiger partial charge in [0.1, 0.15) is 11.5 Å². The Balaban J connectivity index is 1.67. The average molecular weight is 396 g/mol. The van der Waals surface area contributed by atoms with Crippen molar-refractivity contribution in [1.82, 2.24) is 4.90 Å². The molecule has 3 rings (SSSR count). The van der Waals surface area contributed by atoms with Crippen molar-refractivity contribution in [2.45, 2.75) is 26.8 Å². The van der Waals surface area contributed by atoms with E-state index in [4.69, 9.17) is 9.47 Å². The standard InChI is InChI=1S/C23H28N2O4/c1-5-29-19-9-7-17(8-10-19)14-24(3)23(27)18-13-22(26)25(15-18)20-12-16(2)6-11-21(20)28-4/h6-12,18H,5,13-15H2,1-4H3. The van der Waals surface area contributed by atoms with Crippen LogP contribution < -0.4 is 14.4 Å².